The van der Waals surface area contributed by atoms with E-state index in [4.69, 9.17) is 5.73 Å². The maximum absolute atomic E-state index is 12.2. The molecule has 2 aromatic carbocycles. The molecular formula is C15H17NOS. The summed E-state index contributed by atoms with van der Waals surface area (Å²) in [6.45, 7) is 0.516. The molecule has 0 fully saturated rings. The van der Waals surface area contributed by atoms with E-state index in [1.807, 2.05) is 60.7 Å². The van der Waals surface area contributed by atoms with Crippen molar-refractivity contribution < 1.29 is 4.21 Å². The van der Waals surface area contributed by atoms with Gasteiger partial charge >= 0.3 is 0 Å². The van der Waals surface area contributed by atoms with Crippen molar-refractivity contribution >= 4 is 10.8 Å². The fourth-order valence-corrected chi connectivity index (χ4v) is 3.22. The van der Waals surface area contributed by atoms with Crippen molar-refractivity contribution in [2.45, 2.75) is 10.8 Å². The Bertz CT molecular complexity index is 498. The van der Waals surface area contributed by atoms with Gasteiger partial charge in [-0.05, 0) is 17.7 Å². The summed E-state index contributed by atoms with van der Waals surface area (Å²) in [4.78, 5) is 0.867. The maximum atomic E-state index is 12.2. The first-order valence-electron chi connectivity index (χ1n) is 5.99. The lowest BCUT2D eigenvalue weighted by atomic mass is 10.0. The molecule has 0 bridgehead atoms. The molecule has 0 saturated heterocycles. The van der Waals surface area contributed by atoms with Crippen molar-refractivity contribution in [2.24, 2.45) is 5.73 Å². The summed E-state index contributed by atoms with van der Waals surface area (Å²) in [5.41, 5.74) is 6.95. The van der Waals surface area contributed by atoms with E-state index < -0.39 is 10.8 Å². The number of nitrogens with two attached hydrogens (primary N) is 1. The van der Waals surface area contributed by atoms with Crippen LogP contribution in [0.15, 0.2) is 65.6 Å². The quantitative estimate of drug-likeness (QED) is 0.896. The second-order valence-electron chi connectivity index (χ2n) is 4.17. The Morgan fingerprint density at radius 2 is 1.50 bits per heavy atom. The molecule has 0 saturated carbocycles. The van der Waals surface area contributed by atoms with Crippen LogP contribution >= 0.6 is 0 Å². The molecule has 2 nitrogen and oxygen atoms in total. The zero-order chi connectivity index (χ0) is 12.8. The molecular weight excluding hydrogens is 242 g/mol. The van der Waals surface area contributed by atoms with Gasteiger partial charge in [-0.3, -0.25) is 4.21 Å². The van der Waals surface area contributed by atoms with Gasteiger partial charge in [-0.1, -0.05) is 48.5 Å². The summed E-state index contributed by atoms with van der Waals surface area (Å²) in [5.74, 6) is 0.720. The smallest absolute Gasteiger partial charge is 0.0536 e. The fraction of sp³-hybridized carbons (Fsp3) is 0.200. The largest absolute Gasteiger partial charge is 0.330 e. The van der Waals surface area contributed by atoms with Crippen molar-refractivity contribution in [3.05, 3.63) is 66.2 Å². The van der Waals surface area contributed by atoms with Crippen LogP contribution in [0.1, 0.15) is 11.5 Å². The highest BCUT2D eigenvalue weighted by Crippen LogP contribution is 2.18. The minimum absolute atomic E-state index is 0.146. The first kappa shape index (κ1) is 13.0. The second-order valence-corrected chi connectivity index (χ2v) is 5.66. The molecule has 0 radical (unpaired) electrons. The van der Waals surface area contributed by atoms with Gasteiger partial charge in [0.25, 0.3) is 0 Å². The van der Waals surface area contributed by atoms with Crippen LogP contribution in [0.2, 0.25) is 0 Å². The summed E-state index contributed by atoms with van der Waals surface area (Å²) in [6.07, 6.45) is 0. The van der Waals surface area contributed by atoms with Crippen LogP contribution in [0.25, 0.3) is 0 Å². The third-order valence-corrected chi connectivity index (χ3v) is 4.42. The standard InChI is InChI=1S/C15H17NOS/c16-11-14(13-7-3-1-4-8-13)12-18(17)15-9-5-2-6-10-15/h1-10,14H,11-12,16H2. The molecule has 0 aliphatic carbocycles. The van der Waals surface area contributed by atoms with Gasteiger partial charge in [-0.25, -0.2) is 0 Å². The van der Waals surface area contributed by atoms with Crippen LogP contribution in [0.4, 0.5) is 0 Å². The Morgan fingerprint density at radius 1 is 0.944 bits per heavy atom. The zero-order valence-corrected chi connectivity index (χ0v) is 11.0. The molecule has 0 aromatic heterocycles. The Labute approximate surface area is 110 Å². The highest BCUT2D eigenvalue weighted by Gasteiger charge is 2.14. The van der Waals surface area contributed by atoms with Crippen molar-refractivity contribution in [1.29, 1.82) is 0 Å². The summed E-state index contributed by atoms with van der Waals surface area (Å²) in [7, 11) is -0.994. The molecule has 0 aliphatic heterocycles. The number of benzene rings is 2. The SMILES string of the molecule is NCC(CS(=O)c1ccccc1)c1ccccc1. The first-order valence-corrected chi connectivity index (χ1v) is 7.31. The molecule has 2 N–H and O–H groups in total. The van der Waals surface area contributed by atoms with E-state index in [2.05, 4.69) is 0 Å². The van der Waals surface area contributed by atoms with Crippen LogP contribution in [0, 0.1) is 0 Å². The Hall–Kier alpha value is -1.45. The molecule has 2 aromatic rings. The molecule has 18 heavy (non-hydrogen) atoms. The van der Waals surface area contributed by atoms with E-state index in [1.54, 1.807) is 0 Å². The van der Waals surface area contributed by atoms with E-state index in [0.29, 0.717) is 12.3 Å². The number of rotatable bonds is 5. The topological polar surface area (TPSA) is 43.1 Å². The van der Waals surface area contributed by atoms with Gasteiger partial charge < -0.3 is 5.73 Å². The predicted molar refractivity (Wildman–Crippen MR) is 76.0 cm³/mol. The van der Waals surface area contributed by atoms with E-state index in [-0.39, 0.29) is 5.92 Å². The zero-order valence-electron chi connectivity index (χ0n) is 10.2. The van der Waals surface area contributed by atoms with Crippen molar-refractivity contribution in [3.8, 4) is 0 Å². The van der Waals surface area contributed by atoms with Crippen LogP contribution in [-0.4, -0.2) is 16.5 Å². The molecule has 0 spiro atoms. The Kier molecular flexibility index (Phi) is 4.67. The average molecular weight is 259 g/mol. The molecule has 2 unspecified atom stereocenters. The fourth-order valence-electron chi connectivity index (χ4n) is 1.88. The molecule has 3 heteroatoms. The molecule has 94 valence electrons. The van der Waals surface area contributed by atoms with Gasteiger partial charge in [0.2, 0.25) is 0 Å². The lowest BCUT2D eigenvalue weighted by molar-refractivity contribution is 0.672. The molecule has 0 aliphatic rings. The van der Waals surface area contributed by atoms with E-state index >= 15 is 0 Å². The summed E-state index contributed by atoms with van der Waals surface area (Å²) >= 11 is 0. The first-order chi connectivity index (χ1) is 8.81. The third kappa shape index (κ3) is 3.28. The number of hydrogen-bond acceptors (Lipinski definition) is 2. The average Bonchev–Trinajstić information content (AvgIpc) is 2.46. The van der Waals surface area contributed by atoms with Crippen LogP contribution in [0.5, 0.6) is 0 Å². The lowest BCUT2D eigenvalue weighted by Gasteiger charge is -2.14. The normalized spacial score (nSPS) is 14.1. The van der Waals surface area contributed by atoms with Gasteiger partial charge in [-0.2, -0.15) is 0 Å². The number of hydrogen-bond donors (Lipinski definition) is 1. The summed E-state index contributed by atoms with van der Waals surface area (Å²) in [6, 6.07) is 19.6. The van der Waals surface area contributed by atoms with E-state index in [0.717, 1.165) is 10.5 Å². The maximum Gasteiger partial charge on any atom is 0.0536 e. The molecule has 0 amide bonds. The van der Waals surface area contributed by atoms with Crippen LogP contribution in [0.3, 0.4) is 0 Å². The highest BCUT2D eigenvalue weighted by atomic mass is 32.2. The van der Waals surface area contributed by atoms with Crippen LogP contribution < -0.4 is 5.73 Å². The summed E-state index contributed by atoms with van der Waals surface area (Å²) < 4.78 is 12.2. The van der Waals surface area contributed by atoms with E-state index in [9.17, 15) is 4.21 Å². The second kappa shape index (κ2) is 6.47. The van der Waals surface area contributed by atoms with Crippen LogP contribution in [-0.2, 0) is 10.8 Å². The highest BCUT2D eigenvalue weighted by molar-refractivity contribution is 7.85. The third-order valence-electron chi connectivity index (χ3n) is 2.91. The Morgan fingerprint density at radius 3 is 2.06 bits per heavy atom. The van der Waals surface area contributed by atoms with Gasteiger partial charge in [0.15, 0.2) is 0 Å². The molecule has 0 heterocycles. The summed E-state index contributed by atoms with van der Waals surface area (Å²) in [5, 5.41) is 0. The van der Waals surface area contributed by atoms with Gasteiger partial charge in [0, 0.05) is 23.1 Å². The van der Waals surface area contributed by atoms with Crippen molar-refractivity contribution in [1.82, 2.24) is 0 Å². The van der Waals surface area contributed by atoms with Gasteiger partial charge in [0.1, 0.15) is 0 Å². The Balaban J connectivity index is 2.10. The lowest BCUT2D eigenvalue weighted by Crippen LogP contribution is -2.19. The molecule has 2 atom stereocenters. The molecule has 2 rings (SSSR count). The van der Waals surface area contributed by atoms with E-state index in [1.165, 1.54) is 0 Å². The monoisotopic (exact) mass is 259 g/mol. The minimum Gasteiger partial charge on any atom is -0.330 e. The minimum atomic E-state index is -0.994. The predicted octanol–water partition coefficient (Wildman–Crippen LogP) is 2.54. The van der Waals surface area contributed by atoms with Crippen molar-refractivity contribution in [3.63, 3.8) is 0 Å². The van der Waals surface area contributed by atoms with Crippen molar-refractivity contribution in [2.75, 3.05) is 12.3 Å². The van der Waals surface area contributed by atoms with Gasteiger partial charge in [0.05, 0.1) is 10.8 Å². The van der Waals surface area contributed by atoms with Gasteiger partial charge in [-0.15, -0.1) is 0 Å².